The lowest BCUT2D eigenvalue weighted by molar-refractivity contribution is -0.120. The molecule has 6 heteroatoms. The lowest BCUT2D eigenvalue weighted by Crippen LogP contribution is -2.47. The number of carbonyl (C=O) groups excluding carboxylic acids is 1. The molecule has 0 saturated heterocycles. The molecule has 0 saturated carbocycles. The maximum absolute atomic E-state index is 11.5. The first-order valence-electron chi connectivity index (χ1n) is 4.28. The molecular weight excluding hydrogens is 214 g/mol. The number of rotatable bonds is 1. The van der Waals surface area contributed by atoms with E-state index in [0.717, 1.165) is 11.8 Å². The molecule has 1 aliphatic rings. The second-order valence-corrected chi connectivity index (χ2v) is 4.09. The molecule has 1 aromatic carbocycles. The van der Waals surface area contributed by atoms with Crippen molar-refractivity contribution in [2.24, 2.45) is 5.73 Å². The first kappa shape index (κ1) is 9.85. The van der Waals surface area contributed by atoms with Gasteiger partial charge in [-0.1, -0.05) is 12.1 Å². The van der Waals surface area contributed by atoms with Crippen molar-refractivity contribution in [3.63, 3.8) is 0 Å². The van der Waals surface area contributed by atoms with Gasteiger partial charge in [-0.05, 0) is 12.1 Å². The van der Waals surface area contributed by atoms with Crippen molar-refractivity contribution in [2.75, 3.05) is 5.32 Å². The average Bonchev–Trinajstić information content (AvgIpc) is 2.18. The van der Waals surface area contributed by atoms with Gasteiger partial charge in [0.15, 0.2) is 0 Å². The predicted octanol–water partition coefficient (Wildman–Crippen LogP) is -0.849. The van der Waals surface area contributed by atoms with Gasteiger partial charge in [-0.15, -0.1) is 0 Å². The number of anilines is 1. The standard InChI is InChI=1S/C9H9N3O2S/c10-9(11)15-8-7(13)12-5-3-1-2-4-6(5)14-8/h1-4,8H,(H3,10,11)(H,12,13)/p+1. The van der Waals surface area contributed by atoms with E-state index in [4.69, 9.17) is 15.9 Å². The van der Waals surface area contributed by atoms with Crippen LogP contribution in [0, 0.1) is 0 Å². The van der Waals surface area contributed by atoms with E-state index in [1.54, 1.807) is 12.1 Å². The van der Waals surface area contributed by atoms with E-state index in [1.165, 1.54) is 0 Å². The Hall–Kier alpha value is -1.69. The van der Waals surface area contributed by atoms with Gasteiger partial charge in [0, 0.05) is 11.8 Å². The molecule has 2 rings (SSSR count). The summed E-state index contributed by atoms with van der Waals surface area (Å²) in [6.07, 6.45) is 0. The van der Waals surface area contributed by atoms with Gasteiger partial charge in [-0.25, -0.2) is 0 Å². The summed E-state index contributed by atoms with van der Waals surface area (Å²) in [5, 5.41) is 8.12. The summed E-state index contributed by atoms with van der Waals surface area (Å²) in [7, 11) is 0. The zero-order valence-electron chi connectivity index (χ0n) is 7.77. The molecule has 1 aliphatic heterocycles. The molecule has 5 nitrogen and oxygen atoms in total. The van der Waals surface area contributed by atoms with E-state index in [9.17, 15) is 4.79 Å². The Kier molecular flexibility index (Phi) is 2.51. The summed E-state index contributed by atoms with van der Waals surface area (Å²) in [4.78, 5) is 11.5. The Morgan fingerprint density at radius 2 is 2.27 bits per heavy atom. The molecule has 0 aliphatic carbocycles. The molecule has 78 valence electrons. The third-order valence-electron chi connectivity index (χ3n) is 1.84. The van der Waals surface area contributed by atoms with Crippen LogP contribution < -0.4 is 21.2 Å². The lowest BCUT2D eigenvalue weighted by atomic mass is 10.2. The van der Waals surface area contributed by atoms with E-state index >= 15 is 0 Å². The summed E-state index contributed by atoms with van der Waals surface area (Å²) in [5.74, 6) is 0.364. The van der Waals surface area contributed by atoms with Crippen LogP contribution in [0.15, 0.2) is 24.3 Å². The Labute approximate surface area is 90.5 Å². The van der Waals surface area contributed by atoms with E-state index < -0.39 is 5.44 Å². The molecular formula is C9H10N3O2S+. The van der Waals surface area contributed by atoms with Gasteiger partial charge >= 0.3 is 5.17 Å². The number of ether oxygens (including phenoxy) is 1. The van der Waals surface area contributed by atoms with Crippen LogP contribution in [0.5, 0.6) is 5.75 Å². The Balaban J connectivity index is 2.22. The van der Waals surface area contributed by atoms with E-state index in [1.807, 2.05) is 12.1 Å². The zero-order valence-corrected chi connectivity index (χ0v) is 8.58. The highest BCUT2D eigenvalue weighted by molar-refractivity contribution is 8.14. The fourth-order valence-electron chi connectivity index (χ4n) is 1.23. The highest BCUT2D eigenvalue weighted by Crippen LogP contribution is 2.31. The van der Waals surface area contributed by atoms with E-state index in [0.29, 0.717) is 11.4 Å². The molecule has 0 spiro atoms. The first-order valence-corrected chi connectivity index (χ1v) is 5.16. The maximum Gasteiger partial charge on any atom is 0.303 e. The number of benzene rings is 1. The lowest BCUT2D eigenvalue weighted by Gasteiger charge is -2.23. The van der Waals surface area contributed by atoms with Crippen LogP contribution in [0.2, 0.25) is 0 Å². The molecule has 0 aromatic heterocycles. The number of nitrogens with one attached hydrogen (secondary N) is 1. The minimum Gasteiger partial charge on any atom is -0.467 e. The number of hydrogen-bond donors (Lipinski definition) is 3. The third kappa shape index (κ3) is 2.04. The molecule has 5 N–H and O–H groups in total. The summed E-state index contributed by atoms with van der Waals surface area (Å²) in [6, 6.07) is 7.19. The number of fused-ring (bicyclic) bond motifs is 1. The van der Waals surface area contributed by atoms with Gasteiger partial charge in [-0.3, -0.25) is 15.9 Å². The van der Waals surface area contributed by atoms with Crippen LogP contribution in [-0.2, 0) is 4.79 Å². The fraction of sp³-hybridized carbons (Fsp3) is 0.111. The highest BCUT2D eigenvalue weighted by atomic mass is 32.2. The SMILES string of the molecule is NC(=[NH2+])SC1Oc2ccccc2NC1=O. The molecule has 1 amide bonds. The van der Waals surface area contributed by atoms with Gasteiger partial charge in [0.05, 0.1) is 5.69 Å². The van der Waals surface area contributed by atoms with Crippen molar-refractivity contribution < 1.29 is 14.9 Å². The number of nitrogens with two attached hydrogens (primary N) is 2. The van der Waals surface area contributed by atoms with Crippen molar-refractivity contribution in [3.05, 3.63) is 24.3 Å². The van der Waals surface area contributed by atoms with Gasteiger partial charge < -0.3 is 10.1 Å². The van der Waals surface area contributed by atoms with Gasteiger partial charge in [0.2, 0.25) is 5.44 Å². The third-order valence-corrected chi connectivity index (χ3v) is 2.63. The number of hydrogen-bond acceptors (Lipinski definition) is 3. The van der Waals surface area contributed by atoms with Gasteiger partial charge in [-0.2, -0.15) is 0 Å². The summed E-state index contributed by atoms with van der Waals surface area (Å²) in [6.45, 7) is 0. The van der Waals surface area contributed by atoms with Crippen LogP contribution in [0.4, 0.5) is 5.69 Å². The van der Waals surface area contributed by atoms with E-state index in [2.05, 4.69) is 5.32 Å². The Morgan fingerprint density at radius 3 is 3.00 bits per heavy atom. The molecule has 0 radical (unpaired) electrons. The minimum atomic E-state index is -0.718. The van der Waals surface area contributed by atoms with Gasteiger partial charge in [0.1, 0.15) is 5.75 Å². The molecule has 0 fully saturated rings. The number of amides is 1. The van der Waals surface area contributed by atoms with Crippen molar-refractivity contribution in [1.29, 1.82) is 0 Å². The van der Waals surface area contributed by atoms with Crippen LogP contribution in [-0.4, -0.2) is 16.5 Å². The summed E-state index contributed by atoms with van der Waals surface area (Å²) < 4.78 is 5.43. The zero-order chi connectivity index (χ0) is 10.8. The van der Waals surface area contributed by atoms with Crippen LogP contribution >= 0.6 is 11.8 Å². The predicted molar refractivity (Wildman–Crippen MR) is 58.2 cm³/mol. The molecule has 1 atom stereocenters. The van der Waals surface area contributed by atoms with Crippen molar-refractivity contribution >= 4 is 28.5 Å². The molecule has 0 bridgehead atoms. The monoisotopic (exact) mass is 224 g/mol. The second kappa shape index (κ2) is 3.82. The number of thioether (sulfide) groups is 1. The number of para-hydroxylation sites is 2. The van der Waals surface area contributed by atoms with Crippen molar-refractivity contribution in [1.82, 2.24) is 0 Å². The first-order chi connectivity index (χ1) is 7.16. The topological polar surface area (TPSA) is 89.9 Å². The molecule has 1 heterocycles. The Bertz CT molecular complexity index is 422. The normalized spacial score (nSPS) is 18.7. The maximum atomic E-state index is 11.5. The van der Waals surface area contributed by atoms with Crippen LogP contribution in [0.25, 0.3) is 0 Å². The molecule has 15 heavy (non-hydrogen) atoms. The average molecular weight is 224 g/mol. The molecule has 1 aromatic rings. The number of carbonyl (C=O) groups is 1. The largest absolute Gasteiger partial charge is 0.467 e. The minimum absolute atomic E-state index is 0.106. The number of amidine groups is 1. The van der Waals surface area contributed by atoms with Crippen LogP contribution in [0.3, 0.4) is 0 Å². The van der Waals surface area contributed by atoms with Crippen molar-refractivity contribution in [2.45, 2.75) is 5.44 Å². The Morgan fingerprint density at radius 1 is 1.53 bits per heavy atom. The quantitative estimate of drug-likeness (QED) is 0.428. The fourth-order valence-corrected chi connectivity index (χ4v) is 1.80. The smallest absolute Gasteiger partial charge is 0.303 e. The molecule has 1 unspecified atom stereocenters. The highest BCUT2D eigenvalue weighted by Gasteiger charge is 2.29. The second-order valence-electron chi connectivity index (χ2n) is 2.96. The van der Waals surface area contributed by atoms with E-state index in [-0.39, 0.29) is 11.1 Å². The summed E-state index contributed by atoms with van der Waals surface area (Å²) in [5.41, 5.74) is 5.25. The van der Waals surface area contributed by atoms with Crippen molar-refractivity contribution in [3.8, 4) is 5.75 Å². The summed E-state index contributed by atoms with van der Waals surface area (Å²) >= 11 is 0.985. The van der Waals surface area contributed by atoms with Gasteiger partial charge in [0.25, 0.3) is 5.91 Å². The van der Waals surface area contributed by atoms with Crippen LogP contribution in [0.1, 0.15) is 0 Å².